The summed E-state index contributed by atoms with van der Waals surface area (Å²) < 4.78 is 5.94. The van der Waals surface area contributed by atoms with Gasteiger partial charge in [-0.05, 0) is 31.2 Å². The number of nitrogens with one attached hydrogen (secondary N) is 1. The van der Waals surface area contributed by atoms with E-state index >= 15 is 0 Å². The molecule has 2 N–H and O–H groups in total. The summed E-state index contributed by atoms with van der Waals surface area (Å²) in [6.07, 6.45) is -0.00565. The zero-order valence-electron chi connectivity index (χ0n) is 12.3. The highest BCUT2D eigenvalue weighted by Crippen LogP contribution is 2.29. The smallest absolute Gasteiger partial charge is 0.274 e. The highest BCUT2D eigenvalue weighted by atomic mass is 16.5. The number of benzene rings is 2. The number of amides is 1. The van der Waals surface area contributed by atoms with E-state index in [1.165, 1.54) is 0 Å². The maximum absolute atomic E-state index is 11.5. The predicted octanol–water partition coefficient (Wildman–Crippen LogP) is 2.59. The minimum Gasteiger partial charge on any atom is -0.488 e. The number of para-hydroxylation sites is 1. The SMILES string of the molecule is CC1CN(c2ccccc2)Cc2ccc(C(=O)NO)cc2O1. The fourth-order valence-corrected chi connectivity index (χ4v) is 2.67. The number of carbonyl (C=O) groups excluding carboxylic acids is 1. The Bertz CT molecular complexity index is 673. The van der Waals surface area contributed by atoms with Crippen LogP contribution in [0.4, 0.5) is 5.69 Å². The predicted molar refractivity (Wildman–Crippen MR) is 83.3 cm³/mol. The van der Waals surface area contributed by atoms with Crippen molar-refractivity contribution in [2.24, 2.45) is 0 Å². The second kappa shape index (κ2) is 6.07. The zero-order valence-corrected chi connectivity index (χ0v) is 12.3. The van der Waals surface area contributed by atoms with Crippen LogP contribution in [-0.2, 0) is 6.54 Å². The second-order valence-electron chi connectivity index (χ2n) is 5.41. The van der Waals surface area contributed by atoms with Crippen LogP contribution in [-0.4, -0.2) is 23.8 Å². The molecule has 0 fully saturated rings. The molecule has 1 atom stereocenters. The molecule has 114 valence electrons. The summed E-state index contributed by atoms with van der Waals surface area (Å²) in [5, 5.41) is 8.74. The van der Waals surface area contributed by atoms with Gasteiger partial charge in [-0.3, -0.25) is 10.0 Å². The third kappa shape index (κ3) is 2.89. The number of hydrogen-bond donors (Lipinski definition) is 2. The molecule has 0 spiro atoms. The van der Waals surface area contributed by atoms with E-state index in [9.17, 15) is 4.79 Å². The Labute approximate surface area is 129 Å². The maximum Gasteiger partial charge on any atom is 0.274 e. The highest BCUT2D eigenvalue weighted by Gasteiger charge is 2.21. The number of fused-ring (bicyclic) bond motifs is 1. The molecular weight excluding hydrogens is 280 g/mol. The van der Waals surface area contributed by atoms with E-state index in [0.717, 1.165) is 17.8 Å². The van der Waals surface area contributed by atoms with Crippen LogP contribution in [0.15, 0.2) is 48.5 Å². The molecule has 0 saturated heterocycles. The first-order valence-electron chi connectivity index (χ1n) is 7.21. The molecule has 1 unspecified atom stereocenters. The fraction of sp³-hybridized carbons (Fsp3) is 0.235. The first kappa shape index (κ1) is 14.4. The van der Waals surface area contributed by atoms with E-state index in [1.807, 2.05) is 31.2 Å². The summed E-state index contributed by atoms with van der Waals surface area (Å²) >= 11 is 0. The van der Waals surface area contributed by atoms with Crippen LogP contribution in [0.1, 0.15) is 22.8 Å². The average Bonchev–Trinajstić information content (AvgIpc) is 2.72. The lowest BCUT2D eigenvalue weighted by Crippen LogP contribution is -2.30. The van der Waals surface area contributed by atoms with Gasteiger partial charge in [-0.25, -0.2) is 5.48 Å². The molecule has 5 nitrogen and oxygen atoms in total. The number of nitrogens with zero attached hydrogens (tertiary/aromatic N) is 1. The third-order valence-electron chi connectivity index (χ3n) is 3.72. The van der Waals surface area contributed by atoms with E-state index in [1.54, 1.807) is 17.6 Å². The molecule has 0 bridgehead atoms. The lowest BCUT2D eigenvalue weighted by molar-refractivity contribution is 0.0705. The van der Waals surface area contributed by atoms with Crippen LogP contribution >= 0.6 is 0 Å². The van der Waals surface area contributed by atoms with E-state index in [2.05, 4.69) is 17.0 Å². The average molecular weight is 298 g/mol. The Hall–Kier alpha value is -2.53. The summed E-state index contributed by atoms with van der Waals surface area (Å²) in [5.41, 5.74) is 4.18. The third-order valence-corrected chi connectivity index (χ3v) is 3.72. The quantitative estimate of drug-likeness (QED) is 0.661. The van der Waals surface area contributed by atoms with E-state index < -0.39 is 5.91 Å². The fourth-order valence-electron chi connectivity index (χ4n) is 2.67. The van der Waals surface area contributed by atoms with Crippen LogP contribution in [0.5, 0.6) is 5.75 Å². The Morgan fingerprint density at radius 2 is 2.05 bits per heavy atom. The van der Waals surface area contributed by atoms with Gasteiger partial charge >= 0.3 is 0 Å². The second-order valence-corrected chi connectivity index (χ2v) is 5.41. The Balaban J connectivity index is 1.93. The van der Waals surface area contributed by atoms with E-state index in [4.69, 9.17) is 9.94 Å². The molecule has 1 heterocycles. The minimum atomic E-state index is -0.539. The summed E-state index contributed by atoms with van der Waals surface area (Å²) in [7, 11) is 0. The number of hydroxylamine groups is 1. The van der Waals surface area contributed by atoms with Crippen LogP contribution in [0.3, 0.4) is 0 Å². The lowest BCUT2D eigenvalue weighted by Gasteiger charge is -2.24. The normalized spacial score (nSPS) is 17.2. The molecular formula is C17H18N2O3. The van der Waals surface area contributed by atoms with Crippen molar-refractivity contribution in [2.45, 2.75) is 19.6 Å². The van der Waals surface area contributed by atoms with Crippen molar-refractivity contribution in [3.63, 3.8) is 0 Å². The minimum absolute atomic E-state index is 0.00565. The van der Waals surface area contributed by atoms with Crippen LogP contribution in [0.2, 0.25) is 0 Å². The number of anilines is 1. The molecule has 1 aliphatic heterocycles. The highest BCUT2D eigenvalue weighted by molar-refractivity contribution is 5.93. The lowest BCUT2D eigenvalue weighted by atomic mass is 10.1. The molecule has 0 saturated carbocycles. The van der Waals surface area contributed by atoms with Gasteiger partial charge in [0, 0.05) is 23.4 Å². The van der Waals surface area contributed by atoms with Crippen molar-refractivity contribution in [1.82, 2.24) is 5.48 Å². The monoisotopic (exact) mass is 298 g/mol. The van der Waals surface area contributed by atoms with Gasteiger partial charge in [0.15, 0.2) is 0 Å². The molecule has 0 aromatic heterocycles. The van der Waals surface area contributed by atoms with Gasteiger partial charge in [0.25, 0.3) is 5.91 Å². The number of hydrogen-bond acceptors (Lipinski definition) is 4. The van der Waals surface area contributed by atoms with Crippen molar-refractivity contribution in [1.29, 1.82) is 0 Å². The van der Waals surface area contributed by atoms with Crippen LogP contribution < -0.4 is 15.1 Å². The van der Waals surface area contributed by atoms with Gasteiger partial charge in [0.1, 0.15) is 11.9 Å². The van der Waals surface area contributed by atoms with Crippen molar-refractivity contribution in [3.05, 3.63) is 59.7 Å². The molecule has 2 aromatic rings. The number of rotatable bonds is 2. The van der Waals surface area contributed by atoms with Gasteiger partial charge in [-0.2, -0.15) is 0 Å². The Kier molecular flexibility index (Phi) is 3.98. The molecule has 1 amide bonds. The summed E-state index contributed by atoms with van der Waals surface area (Å²) in [6.45, 7) is 3.48. The molecule has 2 aromatic carbocycles. The topological polar surface area (TPSA) is 61.8 Å². The van der Waals surface area contributed by atoms with Crippen LogP contribution in [0, 0.1) is 0 Å². The molecule has 1 aliphatic rings. The van der Waals surface area contributed by atoms with E-state index in [-0.39, 0.29) is 6.10 Å². The van der Waals surface area contributed by atoms with Crippen molar-refractivity contribution < 1.29 is 14.7 Å². The zero-order chi connectivity index (χ0) is 15.5. The first-order chi connectivity index (χ1) is 10.7. The molecule has 5 heteroatoms. The summed E-state index contributed by atoms with van der Waals surface area (Å²) in [6, 6.07) is 15.4. The molecule has 22 heavy (non-hydrogen) atoms. The maximum atomic E-state index is 11.5. The van der Waals surface area contributed by atoms with Crippen LogP contribution in [0.25, 0.3) is 0 Å². The number of ether oxygens (including phenoxy) is 1. The van der Waals surface area contributed by atoms with Gasteiger partial charge in [-0.15, -0.1) is 0 Å². The molecule has 0 aliphatic carbocycles. The van der Waals surface area contributed by atoms with Crippen molar-refractivity contribution in [2.75, 3.05) is 11.4 Å². The Morgan fingerprint density at radius 1 is 1.27 bits per heavy atom. The van der Waals surface area contributed by atoms with Gasteiger partial charge in [-0.1, -0.05) is 24.3 Å². The molecule has 0 radical (unpaired) electrons. The van der Waals surface area contributed by atoms with Gasteiger partial charge < -0.3 is 9.64 Å². The summed E-state index contributed by atoms with van der Waals surface area (Å²) in [5.74, 6) is 0.148. The van der Waals surface area contributed by atoms with Gasteiger partial charge in [0.2, 0.25) is 0 Å². The Morgan fingerprint density at radius 3 is 2.77 bits per heavy atom. The van der Waals surface area contributed by atoms with E-state index in [0.29, 0.717) is 17.9 Å². The molecule has 3 rings (SSSR count). The summed E-state index contributed by atoms with van der Waals surface area (Å²) in [4.78, 5) is 13.8. The van der Waals surface area contributed by atoms with Crippen molar-refractivity contribution in [3.8, 4) is 5.75 Å². The first-order valence-corrected chi connectivity index (χ1v) is 7.21. The largest absolute Gasteiger partial charge is 0.488 e. The number of carbonyl (C=O) groups is 1. The van der Waals surface area contributed by atoms with Gasteiger partial charge in [0.05, 0.1) is 6.54 Å². The standard InChI is InChI=1S/C17H18N2O3/c1-12-10-19(15-5-3-2-4-6-15)11-14-8-7-13(17(20)18-21)9-16(14)22-12/h2-9,12,21H,10-11H2,1H3,(H,18,20). The van der Waals surface area contributed by atoms with Crippen molar-refractivity contribution >= 4 is 11.6 Å².